The molecule has 0 bridgehead atoms. The van der Waals surface area contributed by atoms with E-state index in [1.54, 1.807) is 24.3 Å². The summed E-state index contributed by atoms with van der Waals surface area (Å²) in [4.78, 5) is 25.6. The van der Waals surface area contributed by atoms with Crippen LogP contribution in [0.25, 0.3) is 0 Å². The minimum absolute atomic E-state index is 0.261. The number of hydrogen-bond acceptors (Lipinski definition) is 4. The molecule has 1 atom stereocenters. The van der Waals surface area contributed by atoms with Crippen LogP contribution in [0.4, 0.5) is 0 Å². The summed E-state index contributed by atoms with van der Waals surface area (Å²) >= 11 is 0. The summed E-state index contributed by atoms with van der Waals surface area (Å²) in [5.41, 5.74) is 4.17. The van der Waals surface area contributed by atoms with Crippen LogP contribution in [0.5, 0.6) is 5.75 Å². The molecule has 3 aromatic carbocycles. The number of carbonyl (C=O) groups excluding carboxylic acids is 2. The number of ketones is 1. The van der Waals surface area contributed by atoms with Gasteiger partial charge >= 0.3 is 5.97 Å². The maximum atomic E-state index is 13.2. The van der Waals surface area contributed by atoms with Crippen molar-refractivity contribution in [2.24, 2.45) is 0 Å². The van der Waals surface area contributed by atoms with Crippen molar-refractivity contribution in [2.45, 2.75) is 26.9 Å². The van der Waals surface area contributed by atoms with Crippen molar-refractivity contribution in [3.8, 4) is 5.75 Å². The van der Waals surface area contributed by atoms with Crippen LogP contribution in [0, 0.1) is 20.8 Å². The zero-order valence-corrected chi connectivity index (χ0v) is 16.8. The third-order valence-corrected chi connectivity index (χ3v) is 4.82. The first kappa shape index (κ1) is 20.3. The van der Waals surface area contributed by atoms with E-state index in [2.05, 4.69) is 0 Å². The van der Waals surface area contributed by atoms with Gasteiger partial charge in [-0.1, -0.05) is 60.7 Å². The molecule has 0 saturated heterocycles. The molecule has 0 aromatic heterocycles. The van der Waals surface area contributed by atoms with E-state index in [1.807, 2.05) is 69.3 Å². The predicted molar refractivity (Wildman–Crippen MR) is 112 cm³/mol. The molecule has 0 heterocycles. The first-order valence-corrected chi connectivity index (χ1v) is 9.50. The van der Waals surface area contributed by atoms with Gasteiger partial charge in [0.2, 0.25) is 5.78 Å². The number of benzene rings is 3. The molecular weight excluding hydrogens is 364 g/mol. The van der Waals surface area contributed by atoms with E-state index in [4.69, 9.17) is 9.47 Å². The highest BCUT2D eigenvalue weighted by atomic mass is 16.6. The van der Waals surface area contributed by atoms with Crippen LogP contribution in [0.1, 0.15) is 38.7 Å². The first-order chi connectivity index (χ1) is 14.0. The van der Waals surface area contributed by atoms with Crippen LogP contribution in [0.3, 0.4) is 0 Å². The lowest BCUT2D eigenvalue weighted by Gasteiger charge is -2.18. The Labute approximate surface area is 171 Å². The number of Topliss-reactive ketones (excluding diaryl/α,β-unsaturated/α-hetero) is 1. The molecule has 4 nitrogen and oxygen atoms in total. The Morgan fingerprint density at radius 1 is 0.793 bits per heavy atom. The summed E-state index contributed by atoms with van der Waals surface area (Å²) in [6, 6.07) is 21.9. The van der Waals surface area contributed by atoms with Gasteiger partial charge in [-0.25, -0.2) is 4.79 Å². The molecule has 0 N–H and O–H groups in total. The van der Waals surface area contributed by atoms with Crippen molar-refractivity contribution in [2.75, 3.05) is 6.61 Å². The fraction of sp³-hybridized carbons (Fsp3) is 0.200. The van der Waals surface area contributed by atoms with Gasteiger partial charge in [-0.15, -0.1) is 0 Å². The Balaban J connectivity index is 1.78. The normalized spacial score (nSPS) is 11.6. The van der Waals surface area contributed by atoms with Gasteiger partial charge in [0, 0.05) is 11.1 Å². The number of aryl methyl sites for hydroxylation is 3. The van der Waals surface area contributed by atoms with E-state index in [-0.39, 0.29) is 12.4 Å². The molecule has 4 heteroatoms. The van der Waals surface area contributed by atoms with E-state index in [0.29, 0.717) is 16.9 Å². The second-order valence-electron chi connectivity index (χ2n) is 7.00. The molecule has 0 aliphatic rings. The summed E-state index contributed by atoms with van der Waals surface area (Å²) < 4.78 is 11.1. The van der Waals surface area contributed by atoms with Gasteiger partial charge in [0.1, 0.15) is 5.75 Å². The van der Waals surface area contributed by atoms with Crippen LogP contribution < -0.4 is 4.74 Å². The quantitative estimate of drug-likeness (QED) is 0.414. The molecule has 3 aromatic rings. The van der Waals surface area contributed by atoms with E-state index in [1.165, 1.54) is 0 Å². The smallest absolute Gasteiger partial charge is 0.345 e. The Morgan fingerprint density at radius 2 is 1.48 bits per heavy atom. The molecule has 0 radical (unpaired) electrons. The third-order valence-electron chi connectivity index (χ3n) is 4.82. The fourth-order valence-electron chi connectivity index (χ4n) is 2.97. The Kier molecular flexibility index (Phi) is 6.45. The van der Waals surface area contributed by atoms with E-state index in [0.717, 1.165) is 16.7 Å². The lowest BCUT2D eigenvalue weighted by molar-refractivity contribution is -0.149. The Morgan fingerprint density at radius 3 is 2.17 bits per heavy atom. The van der Waals surface area contributed by atoms with Gasteiger partial charge in [-0.05, 0) is 49.6 Å². The Bertz CT molecular complexity index is 1010. The largest absolute Gasteiger partial charge is 0.482 e. The van der Waals surface area contributed by atoms with Gasteiger partial charge in [-0.2, -0.15) is 0 Å². The van der Waals surface area contributed by atoms with Gasteiger partial charge in [0.25, 0.3) is 0 Å². The number of ether oxygens (including phenoxy) is 2. The van der Waals surface area contributed by atoms with E-state index < -0.39 is 12.1 Å². The topological polar surface area (TPSA) is 52.6 Å². The Hall–Kier alpha value is -3.40. The van der Waals surface area contributed by atoms with E-state index >= 15 is 0 Å². The number of para-hydroxylation sites is 1. The summed E-state index contributed by atoms with van der Waals surface area (Å²) in [5, 5.41) is 0. The molecule has 0 unspecified atom stereocenters. The summed E-state index contributed by atoms with van der Waals surface area (Å²) in [5.74, 6) is -0.246. The zero-order valence-electron chi connectivity index (χ0n) is 16.8. The number of hydrogen-bond donors (Lipinski definition) is 0. The maximum Gasteiger partial charge on any atom is 0.345 e. The predicted octanol–water partition coefficient (Wildman–Crippen LogP) is 5.16. The first-order valence-electron chi connectivity index (χ1n) is 9.50. The van der Waals surface area contributed by atoms with Crippen molar-refractivity contribution >= 4 is 11.8 Å². The second-order valence-corrected chi connectivity index (χ2v) is 7.00. The van der Waals surface area contributed by atoms with Crippen molar-refractivity contribution in [3.63, 3.8) is 0 Å². The summed E-state index contributed by atoms with van der Waals surface area (Å²) in [6.45, 7) is 5.57. The van der Waals surface area contributed by atoms with Crippen LogP contribution in [0.15, 0.2) is 72.8 Å². The standard InChI is InChI=1S/C25H24O4/c1-17-13-14-21(15-19(17)3)24(27)25(20-10-5-4-6-11-20)29-23(26)16-28-22-12-8-7-9-18(22)2/h4-15,25H,16H2,1-3H3/t25-/m0/s1. The molecular formula is C25H24O4. The average molecular weight is 388 g/mol. The van der Waals surface area contributed by atoms with Crippen molar-refractivity contribution in [1.82, 2.24) is 0 Å². The summed E-state index contributed by atoms with van der Waals surface area (Å²) in [6.07, 6.45) is -1.02. The second kappa shape index (κ2) is 9.20. The monoisotopic (exact) mass is 388 g/mol. The summed E-state index contributed by atoms with van der Waals surface area (Å²) in [7, 11) is 0. The van der Waals surface area contributed by atoms with Gasteiger partial charge in [0.05, 0.1) is 0 Å². The minimum Gasteiger partial charge on any atom is -0.482 e. The molecule has 29 heavy (non-hydrogen) atoms. The SMILES string of the molecule is Cc1ccc(C(=O)[C@@H](OC(=O)COc2ccccc2C)c2ccccc2)cc1C. The van der Waals surface area contributed by atoms with Gasteiger partial charge < -0.3 is 9.47 Å². The molecule has 0 aliphatic carbocycles. The van der Waals surface area contributed by atoms with Crippen molar-refractivity contribution in [3.05, 3.63) is 101 Å². The molecule has 0 fully saturated rings. The van der Waals surface area contributed by atoms with Gasteiger partial charge in [-0.3, -0.25) is 4.79 Å². The highest BCUT2D eigenvalue weighted by Crippen LogP contribution is 2.24. The maximum absolute atomic E-state index is 13.2. The van der Waals surface area contributed by atoms with Crippen LogP contribution in [-0.2, 0) is 9.53 Å². The fourth-order valence-corrected chi connectivity index (χ4v) is 2.97. The molecule has 0 saturated carbocycles. The van der Waals surface area contributed by atoms with Crippen LogP contribution >= 0.6 is 0 Å². The number of carbonyl (C=O) groups is 2. The van der Waals surface area contributed by atoms with Crippen LogP contribution in [0.2, 0.25) is 0 Å². The van der Waals surface area contributed by atoms with Crippen LogP contribution in [-0.4, -0.2) is 18.4 Å². The molecule has 0 amide bonds. The zero-order chi connectivity index (χ0) is 20.8. The molecule has 0 aliphatic heterocycles. The lowest BCUT2D eigenvalue weighted by Crippen LogP contribution is -2.24. The molecule has 148 valence electrons. The number of esters is 1. The third kappa shape index (κ3) is 5.11. The van der Waals surface area contributed by atoms with Crippen molar-refractivity contribution in [1.29, 1.82) is 0 Å². The van der Waals surface area contributed by atoms with Crippen molar-refractivity contribution < 1.29 is 19.1 Å². The molecule has 0 spiro atoms. The highest BCUT2D eigenvalue weighted by Gasteiger charge is 2.26. The highest BCUT2D eigenvalue weighted by molar-refractivity contribution is 6.01. The van der Waals surface area contributed by atoms with Gasteiger partial charge in [0.15, 0.2) is 12.7 Å². The lowest BCUT2D eigenvalue weighted by atomic mass is 9.97. The minimum atomic E-state index is -1.02. The average Bonchev–Trinajstić information content (AvgIpc) is 2.73. The number of rotatable bonds is 7. The molecule has 3 rings (SSSR count). The van der Waals surface area contributed by atoms with E-state index in [9.17, 15) is 9.59 Å².